The first-order valence-electron chi connectivity index (χ1n) is 17.1. The number of ether oxygens (including phenoxy) is 2. The van der Waals surface area contributed by atoms with Crippen molar-refractivity contribution in [2.45, 2.75) is 77.3 Å². The molecule has 0 unspecified atom stereocenters. The largest absolute Gasteiger partial charge is 0.490 e. The molecule has 0 aliphatic carbocycles. The quantitative estimate of drug-likeness (QED) is 0.279. The molecule has 50 heavy (non-hydrogen) atoms. The lowest BCUT2D eigenvalue weighted by molar-refractivity contribution is -0.137. The van der Waals surface area contributed by atoms with Crippen LogP contribution in [0.4, 0.5) is 29.3 Å². The number of aliphatic hydroxyl groups is 1. The highest BCUT2D eigenvalue weighted by atomic mass is 19.4. The van der Waals surface area contributed by atoms with Gasteiger partial charge in [-0.25, -0.2) is 4.79 Å². The summed E-state index contributed by atoms with van der Waals surface area (Å²) in [5.74, 6) is -0.337. The molecule has 2 aromatic rings. The monoisotopic (exact) mass is 707 g/mol. The molecule has 0 aromatic heterocycles. The average Bonchev–Trinajstić information content (AvgIpc) is 3.05. The molecule has 1 aliphatic rings. The SMILES string of the molecule is C[C@H](CO)N1C[C@H](C)[C@@H](CN(C)C(=O)CCCN(C)C)OCCCC[C@H](C)Oc2ccc(NC(=O)Nc3ccc(C(F)(F)F)cc3)cc2C1=O. The number of anilines is 2. The molecule has 14 heteroatoms. The maximum absolute atomic E-state index is 14.3. The summed E-state index contributed by atoms with van der Waals surface area (Å²) in [5, 5.41) is 15.3. The van der Waals surface area contributed by atoms with Crippen LogP contribution in [0.15, 0.2) is 42.5 Å². The van der Waals surface area contributed by atoms with E-state index in [9.17, 15) is 32.7 Å². The van der Waals surface area contributed by atoms with Gasteiger partial charge in [-0.05, 0) is 103 Å². The molecule has 0 bridgehead atoms. The zero-order chi connectivity index (χ0) is 37.0. The van der Waals surface area contributed by atoms with E-state index < -0.39 is 29.7 Å². The molecule has 0 spiro atoms. The number of nitrogens with one attached hydrogen (secondary N) is 2. The number of hydrogen-bond acceptors (Lipinski definition) is 7. The number of carbonyl (C=O) groups excluding carboxylic acids is 3. The Morgan fingerprint density at radius 2 is 1.70 bits per heavy atom. The van der Waals surface area contributed by atoms with Gasteiger partial charge in [0.15, 0.2) is 0 Å². The van der Waals surface area contributed by atoms with Crippen LogP contribution in [0.25, 0.3) is 0 Å². The molecule has 11 nitrogen and oxygen atoms in total. The molecule has 1 heterocycles. The van der Waals surface area contributed by atoms with E-state index in [1.165, 1.54) is 6.07 Å². The van der Waals surface area contributed by atoms with Crippen molar-refractivity contribution >= 4 is 29.2 Å². The summed E-state index contributed by atoms with van der Waals surface area (Å²) in [5.41, 5.74) is -0.275. The lowest BCUT2D eigenvalue weighted by Crippen LogP contribution is -2.48. The Bertz CT molecular complexity index is 1410. The number of hydrogen-bond donors (Lipinski definition) is 3. The van der Waals surface area contributed by atoms with E-state index in [0.717, 1.165) is 50.1 Å². The molecule has 2 aromatic carbocycles. The summed E-state index contributed by atoms with van der Waals surface area (Å²) in [6, 6.07) is 7.38. The van der Waals surface area contributed by atoms with Crippen molar-refractivity contribution in [2.24, 2.45) is 5.92 Å². The van der Waals surface area contributed by atoms with Crippen LogP contribution in [-0.4, -0.2) is 110 Å². The zero-order valence-corrected chi connectivity index (χ0v) is 29.9. The van der Waals surface area contributed by atoms with Crippen LogP contribution in [0.3, 0.4) is 0 Å². The van der Waals surface area contributed by atoms with Gasteiger partial charge in [-0.1, -0.05) is 6.92 Å². The van der Waals surface area contributed by atoms with E-state index in [2.05, 4.69) is 10.6 Å². The molecule has 0 saturated heterocycles. The maximum atomic E-state index is 14.3. The van der Waals surface area contributed by atoms with E-state index >= 15 is 0 Å². The molecule has 0 fully saturated rings. The topological polar surface area (TPSA) is 124 Å². The van der Waals surface area contributed by atoms with E-state index in [1.807, 2.05) is 32.8 Å². The first-order chi connectivity index (χ1) is 23.6. The lowest BCUT2D eigenvalue weighted by Gasteiger charge is -2.36. The normalized spacial score (nSPS) is 19.9. The number of benzene rings is 2. The van der Waals surface area contributed by atoms with Crippen LogP contribution in [0.5, 0.6) is 5.75 Å². The van der Waals surface area contributed by atoms with E-state index in [0.29, 0.717) is 31.7 Å². The number of urea groups is 1. The number of likely N-dealkylation sites (N-methyl/N-ethyl adjacent to an activating group) is 1. The zero-order valence-electron chi connectivity index (χ0n) is 29.9. The van der Waals surface area contributed by atoms with E-state index in [4.69, 9.17) is 9.47 Å². The smallest absolute Gasteiger partial charge is 0.416 e. The Morgan fingerprint density at radius 1 is 1.04 bits per heavy atom. The van der Waals surface area contributed by atoms with Crippen LogP contribution in [0.2, 0.25) is 0 Å². The molecule has 278 valence electrons. The standard InChI is InChI=1S/C36H52F3N5O6/c1-24-21-44(25(2)23-45)34(47)30-20-29(41-35(48)40-28-14-12-27(13-15-28)36(37,38)39)16-17-31(30)50-26(3)10-7-8-19-49-32(24)22-43(6)33(46)11-9-18-42(4)5/h12-17,20,24-26,32,45H,7-11,18-19,21-23H2,1-6H3,(H2,40,41,48)/t24-,25+,26-,32+/m0/s1. The minimum Gasteiger partial charge on any atom is -0.490 e. The van der Waals surface area contributed by atoms with Crippen molar-refractivity contribution < 1.29 is 42.1 Å². The first-order valence-corrected chi connectivity index (χ1v) is 17.1. The summed E-state index contributed by atoms with van der Waals surface area (Å²) in [4.78, 5) is 45.3. The second-order valence-corrected chi connectivity index (χ2v) is 13.3. The minimum atomic E-state index is -4.50. The van der Waals surface area contributed by atoms with Crippen LogP contribution in [0, 0.1) is 5.92 Å². The number of halogens is 3. The Kier molecular flexibility index (Phi) is 15.3. The van der Waals surface area contributed by atoms with Crippen LogP contribution in [-0.2, 0) is 15.7 Å². The summed E-state index contributed by atoms with van der Waals surface area (Å²) >= 11 is 0. The van der Waals surface area contributed by atoms with Crippen LogP contribution < -0.4 is 15.4 Å². The number of carbonyl (C=O) groups is 3. The number of aliphatic hydroxyl groups excluding tert-OH is 1. The van der Waals surface area contributed by atoms with Gasteiger partial charge in [0.1, 0.15) is 5.75 Å². The Balaban J connectivity index is 1.86. The third-order valence-corrected chi connectivity index (χ3v) is 8.66. The van der Waals surface area contributed by atoms with Gasteiger partial charge in [0.05, 0.1) is 36.0 Å². The van der Waals surface area contributed by atoms with Crippen LogP contribution >= 0.6 is 0 Å². The van der Waals surface area contributed by atoms with Gasteiger partial charge in [0, 0.05) is 50.5 Å². The van der Waals surface area contributed by atoms with Crippen LogP contribution in [0.1, 0.15) is 68.8 Å². The first kappa shape index (κ1) is 40.5. The third-order valence-electron chi connectivity index (χ3n) is 8.66. The predicted octanol–water partition coefficient (Wildman–Crippen LogP) is 5.95. The Hall–Kier alpha value is -3.88. The molecule has 3 N–H and O–H groups in total. The van der Waals surface area contributed by atoms with Gasteiger partial charge in [-0.15, -0.1) is 0 Å². The highest BCUT2D eigenvalue weighted by Gasteiger charge is 2.32. The Morgan fingerprint density at radius 3 is 2.34 bits per heavy atom. The van der Waals surface area contributed by atoms with Gasteiger partial charge in [0.25, 0.3) is 5.91 Å². The fourth-order valence-corrected chi connectivity index (χ4v) is 5.61. The highest BCUT2D eigenvalue weighted by Crippen LogP contribution is 2.31. The van der Waals surface area contributed by atoms with Crippen molar-refractivity contribution in [3.63, 3.8) is 0 Å². The van der Waals surface area contributed by atoms with Crippen molar-refractivity contribution in [2.75, 3.05) is 64.6 Å². The summed E-state index contributed by atoms with van der Waals surface area (Å²) in [6.45, 7) is 7.10. The summed E-state index contributed by atoms with van der Waals surface area (Å²) < 4.78 is 51.4. The second kappa shape index (κ2) is 18.9. The fraction of sp³-hybridized carbons (Fsp3) is 0.583. The second-order valence-electron chi connectivity index (χ2n) is 13.3. The average molecular weight is 708 g/mol. The molecule has 0 radical (unpaired) electrons. The fourth-order valence-electron chi connectivity index (χ4n) is 5.61. The number of alkyl halides is 3. The molecular formula is C36H52F3N5O6. The van der Waals surface area contributed by atoms with Gasteiger partial charge in [-0.3, -0.25) is 9.59 Å². The van der Waals surface area contributed by atoms with Gasteiger partial charge in [0.2, 0.25) is 5.91 Å². The maximum Gasteiger partial charge on any atom is 0.416 e. The highest BCUT2D eigenvalue weighted by molar-refractivity contribution is 6.02. The number of amides is 4. The van der Waals surface area contributed by atoms with Crippen molar-refractivity contribution in [3.8, 4) is 5.75 Å². The summed E-state index contributed by atoms with van der Waals surface area (Å²) in [6.07, 6.45) is -1.72. The summed E-state index contributed by atoms with van der Waals surface area (Å²) in [7, 11) is 5.69. The number of nitrogens with zero attached hydrogens (tertiary/aromatic N) is 3. The molecule has 3 rings (SSSR count). The van der Waals surface area contributed by atoms with Gasteiger partial charge < -0.3 is 39.9 Å². The molecular weight excluding hydrogens is 655 g/mol. The van der Waals surface area contributed by atoms with Crippen molar-refractivity contribution in [3.05, 3.63) is 53.6 Å². The molecule has 1 aliphatic heterocycles. The number of fused-ring (bicyclic) bond motifs is 1. The minimum absolute atomic E-state index is 0.0148. The van der Waals surface area contributed by atoms with Gasteiger partial charge in [-0.2, -0.15) is 13.2 Å². The van der Waals surface area contributed by atoms with E-state index in [1.54, 1.807) is 35.9 Å². The Labute approximate surface area is 293 Å². The third kappa shape index (κ3) is 12.5. The van der Waals surface area contributed by atoms with Gasteiger partial charge >= 0.3 is 12.2 Å². The molecule has 0 saturated carbocycles. The lowest BCUT2D eigenvalue weighted by atomic mass is 10.0. The predicted molar refractivity (Wildman–Crippen MR) is 186 cm³/mol. The molecule has 4 atom stereocenters. The molecule has 4 amide bonds. The van der Waals surface area contributed by atoms with Crippen molar-refractivity contribution in [1.29, 1.82) is 0 Å². The van der Waals surface area contributed by atoms with Crippen molar-refractivity contribution in [1.82, 2.24) is 14.7 Å². The number of rotatable bonds is 10. The van der Waals surface area contributed by atoms with E-state index in [-0.39, 0.29) is 54.1 Å².